The van der Waals surface area contributed by atoms with Gasteiger partial charge in [0.25, 0.3) is 22.2 Å². The van der Waals surface area contributed by atoms with Crippen LogP contribution < -0.4 is 22.2 Å². The smallest absolute Gasteiger partial charge is 0.261 e. The van der Waals surface area contributed by atoms with Crippen molar-refractivity contribution in [3.63, 3.8) is 0 Å². The van der Waals surface area contributed by atoms with Gasteiger partial charge in [-0.15, -0.1) is 0 Å². The zero-order valence-electron chi connectivity index (χ0n) is 19.9. The van der Waals surface area contributed by atoms with Gasteiger partial charge in [0.05, 0.1) is 21.5 Å². The molecule has 0 aliphatic rings. The summed E-state index contributed by atoms with van der Waals surface area (Å²) in [4.78, 5) is 52.2. The van der Waals surface area contributed by atoms with Gasteiger partial charge in [0.2, 0.25) is 0 Å². The van der Waals surface area contributed by atoms with Crippen LogP contribution >= 0.6 is 0 Å². The van der Waals surface area contributed by atoms with Crippen LogP contribution in [0.2, 0.25) is 0 Å². The maximum absolute atomic E-state index is 13.0. The molecule has 0 bridgehead atoms. The zero-order chi connectivity index (χ0) is 23.4. The van der Waals surface area contributed by atoms with E-state index in [-0.39, 0.29) is 55.6 Å². The fourth-order valence-electron chi connectivity index (χ4n) is 4.76. The van der Waals surface area contributed by atoms with Crippen molar-refractivity contribution in [1.82, 2.24) is 9.13 Å². The van der Waals surface area contributed by atoms with Crippen molar-refractivity contribution in [2.75, 3.05) is 0 Å². The molecule has 0 aliphatic heterocycles. The van der Waals surface area contributed by atoms with E-state index < -0.39 is 0 Å². The monoisotopic (exact) mass is 440 g/mol. The number of hydrogen-bond acceptors (Lipinski definition) is 4. The van der Waals surface area contributed by atoms with Crippen molar-refractivity contribution in [1.29, 1.82) is 0 Å². The molecule has 1 aromatic carbocycles. The average Bonchev–Trinajstić information content (AvgIpc) is 3.17. The molecule has 0 N–H and O–H groups in total. The van der Waals surface area contributed by atoms with E-state index in [4.69, 9.17) is 0 Å². The Morgan fingerprint density at radius 3 is 1.16 bits per heavy atom. The second kappa shape index (κ2) is 10.4. The molecule has 6 nitrogen and oxygen atoms in total. The van der Waals surface area contributed by atoms with Gasteiger partial charge in [0.15, 0.2) is 0 Å². The molecule has 0 saturated carbocycles. The van der Waals surface area contributed by atoms with E-state index in [1.54, 1.807) is 0 Å². The predicted octanol–water partition coefficient (Wildman–Crippen LogP) is 4.35. The number of nitrogens with zero attached hydrogens (tertiary/aromatic N) is 2. The topological polar surface area (TPSA) is 78.1 Å². The van der Waals surface area contributed by atoms with E-state index in [9.17, 15) is 19.2 Å². The third-order valence-corrected chi connectivity index (χ3v) is 7.03. The summed E-state index contributed by atoms with van der Waals surface area (Å²) >= 11 is 0. The number of aromatic nitrogens is 2. The Balaban J connectivity index is 2.06. The third-order valence-electron chi connectivity index (χ3n) is 7.03. The molecule has 174 valence electrons. The first-order valence-corrected chi connectivity index (χ1v) is 12.3. The van der Waals surface area contributed by atoms with Crippen LogP contribution in [-0.4, -0.2) is 9.13 Å². The van der Waals surface area contributed by atoms with Crippen LogP contribution in [0.5, 0.6) is 0 Å². The molecule has 2 atom stereocenters. The molecule has 2 aromatic heterocycles. The summed E-state index contributed by atoms with van der Waals surface area (Å²) in [6, 6.07) is 2.95. The molecule has 0 amide bonds. The third kappa shape index (κ3) is 4.50. The molecule has 0 aliphatic carbocycles. The molecule has 0 fully saturated rings. The Labute approximate surface area is 188 Å². The minimum atomic E-state index is -0.351. The van der Waals surface area contributed by atoms with E-state index in [1.165, 1.54) is 21.3 Å². The standard InChI is InChI=1S/C26H36N2O4/c1-5-9-11-17(7-3)15-27-23(29)19-13-21-22(14-20(19)24(27)30)26(32)28(25(21)31)16-18(8-4)12-10-6-2/h13-14,17-18H,5-12,15-16H2,1-4H3. The van der Waals surface area contributed by atoms with Crippen LogP contribution in [0, 0.1) is 11.8 Å². The van der Waals surface area contributed by atoms with Crippen LogP contribution in [0.15, 0.2) is 31.3 Å². The van der Waals surface area contributed by atoms with E-state index >= 15 is 0 Å². The molecule has 3 rings (SSSR count). The van der Waals surface area contributed by atoms with Gasteiger partial charge in [-0.05, 0) is 36.8 Å². The van der Waals surface area contributed by atoms with Crippen molar-refractivity contribution in [3.05, 3.63) is 53.5 Å². The minimum Gasteiger partial charge on any atom is -0.274 e. The Hall–Kier alpha value is -2.50. The highest BCUT2D eigenvalue weighted by Gasteiger charge is 2.21. The molecular formula is C26H36N2O4. The summed E-state index contributed by atoms with van der Waals surface area (Å²) in [5.41, 5.74) is -1.40. The summed E-state index contributed by atoms with van der Waals surface area (Å²) < 4.78 is 2.60. The van der Waals surface area contributed by atoms with Crippen LogP contribution in [0.25, 0.3) is 21.5 Å². The van der Waals surface area contributed by atoms with Gasteiger partial charge in [-0.2, -0.15) is 0 Å². The van der Waals surface area contributed by atoms with Crippen molar-refractivity contribution in [3.8, 4) is 0 Å². The van der Waals surface area contributed by atoms with Crippen LogP contribution in [-0.2, 0) is 13.1 Å². The molecule has 2 heterocycles. The summed E-state index contributed by atoms with van der Waals surface area (Å²) in [6.07, 6.45) is 8.00. The van der Waals surface area contributed by atoms with E-state index in [2.05, 4.69) is 27.7 Å². The minimum absolute atomic E-state index is 0.250. The van der Waals surface area contributed by atoms with Gasteiger partial charge in [-0.3, -0.25) is 28.3 Å². The zero-order valence-corrected chi connectivity index (χ0v) is 19.9. The van der Waals surface area contributed by atoms with Crippen LogP contribution in [0.1, 0.15) is 79.1 Å². The van der Waals surface area contributed by atoms with Gasteiger partial charge in [-0.1, -0.05) is 66.2 Å². The lowest BCUT2D eigenvalue weighted by atomic mass is 9.99. The Kier molecular flexibility index (Phi) is 7.86. The van der Waals surface area contributed by atoms with E-state index in [0.29, 0.717) is 13.1 Å². The first-order chi connectivity index (χ1) is 15.4. The van der Waals surface area contributed by atoms with Gasteiger partial charge in [0.1, 0.15) is 0 Å². The lowest BCUT2D eigenvalue weighted by Gasteiger charge is -2.13. The van der Waals surface area contributed by atoms with Crippen molar-refractivity contribution < 1.29 is 0 Å². The number of rotatable bonds is 12. The normalized spacial score (nSPS) is 13.9. The van der Waals surface area contributed by atoms with Crippen molar-refractivity contribution >= 4 is 21.5 Å². The quantitative estimate of drug-likeness (QED) is 0.420. The van der Waals surface area contributed by atoms with Crippen LogP contribution in [0.4, 0.5) is 0 Å². The Morgan fingerprint density at radius 1 is 0.594 bits per heavy atom. The second-order valence-corrected chi connectivity index (χ2v) is 9.22. The Bertz CT molecular complexity index is 1100. The number of fused-ring (bicyclic) bond motifs is 2. The van der Waals surface area contributed by atoms with Crippen LogP contribution in [0.3, 0.4) is 0 Å². The summed E-state index contributed by atoms with van der Waals surface area (Å²) in [5.74, 6) is 0.522. The molecular weight excluding hydrogens is 404 g/mol. The average molecular weight is 441 g/mol. The number of benzene rings is 1. The Morgan fingerprint density at radius 2 is 0.906 bits per heavy atom. The highest BCUT2D eigenvalue weighted by Crippen LogP contribution is 2.19. The lowest BCUT2D eigenvalue weighted by Crippen LogP contribution is -2.29. The molecule has 0 radical (unpaired) electrons. The fraction of sp³-hybridized carbons (Fsp3) is 0.615. The molecule has 0 saturated heterocycles. The first kappa shape index (κ1) is 24.1. The van der Waals surface area contributed by atoms with Gasteiger partial charge in [0, 0.05) is 13.1 Å². The van der Waals surface area contributed by atoms with Crippen molar-refractivity contribution in [2.45, 2.75) is 92.2 Å². The molecule has 3 aromatic rings. The highest BCUT2D eigenvalue weighted by atomic mass is 16.2. The van der Waals surface area contributed by atoms with Gasteiger partial charge >= 0.3 is 0 Å². The van der Waals surface area contributed by atoms with E-state index in [0.717, 1.165) is 51.4 Å². The largest absolute Gasteiger partial charge is 0.274 e. The number of hydrogen-bond donors (Lipinski definition) is 0. The summed E-state index contributed by atoms with van der Waals surface area (Å²) in [7, 11) is 0. The SMILES string of the molecule is CCCCC(CC)Cn1c(=O)c2cc3c(=O)n(CC(CC)CCCC)c(=O)c3cc2c1=O. The van der Waals surface area contributed by atoms with E-state index in [1.807, 2.05) is 0 Å². The lowest BCUT2D eigenvalue weighted by molar-refractivity contribution is 0.384. The van der Waals surface area contributed by atoms with Crippen molar-refractivity contribution in [2.24, 2.45) is 11.8 Å². The van der Waals surface area contributed by atoms with Gasteiger partial charge in [-0.25, -0.2) is 0 Å². The predicted molar refractivity (Wildman–Crippen MR) is 131 cm³/mol. The first-order valence-electron chi connectivity index (χ1n) is 12.3. The molecule has 32 heavy (non-hydrogen) atoms. The molecule has 0 spiro atoms. The van der Waals surface area contributed by atoms with Gasteiger partial charge < -0.3 is 0 Å². The highest BCUT2D eigenvalue weighted by molar-refractivity contribution is 5.97. The maximum atomic E-state index is 13.0. The number of unbranched alkanes of at least 4 members (excludes halogenated alkanes) is 2. The molecule has 6 heteroatoms. The summed E-state index contributed by atoms with van der Waals surface area (Å²) in [6.45, 7) is 9.17. The maximum Gasteiger partial charge on any atom is 0.261 e. The second-order valence-electron chi connectivity index (χ2n) is 9.22. The fourth-order valence-corrected chi connectivity index (χ4v) is 4.76. The molecule has 2 unspecified atom stereocenters. The summed E-state index contributed by atoms with van der Waals surface area (Å²) in [5, 5.41) is 1.00.